The van der Waals surface area contributed by atoms with E-state index in [1.807, 2.05) is 37.4 Å². The van der Waals surface area contributed by atoms with Crippen molar-refractivity contribution in [2.45, 2.75) is 0 Å². The molecule has 0 aliphatic rings. The first-order valence-corrected chi connectivity index (χ1v) is 7.01. The highest BCUT2D eigenvalue weighted by atomic mass is 19.1. The smallest absolute Gasteiger partial charge is 0.174 e. The van der Waals surface area contributed by atoms with E-state index in [9.17, 15) is 9.65 Å². The second-order valence-electron chi connectivity index (χ2n) is 4.99. The van der Waals surface area contributed by atoms with Crippen molar-refractivity contribution in [3.63, 3.8) is 0 Å². The number of halogens is 1. The van der Waals surface area contributed by atoms with E-state index in [4.69, 9.17) is 0 Å². The molecule has 0 aliphatic heterocycles. The molecule has 4 nitrogen and oxygen atoms in total. The zero-order valence-corrected chi connectivity index (χ0v) is 12.4. The first-order chi connectivity index (χ1) is 11.2. The zero-order valence-electron chi connectivity index (χ0n) is 12.4. The van der Waals surface area contributed by atoms with Gasteiger partial charge in [0.1, 0.15) is 11.9 Å². The van der Waals surface area contributed by atoms with Crippen LogP contribution in [0.25, 0.3) is 23.0 Å². The van der Waals surface area contributed by atoms with Crippen LogP contribution in [-0.2, 0) is 7.05 Å². The molecule has 0 saturated carbocycles. The summed E-state index contributed by atoms with van der Waals surface area (Å²) in [4.78, 5) is 0. The number of nitrogens with zero attached hydrogens (tertiary/aromatic N) is 4. The van der Waals surface area contributed by atoms with E-state index < -0.39 is 0 Å². The van der Waals surface area contributed by atoms with Crippen LogP contribution in [0.1, 0.15) is 11.4 Å². The van der Waals surface area contributed by atoms with E-state index in [1.54, 1.807) is 22.8 Å². The summed E-state index contributed by atoms with van der Waals surface area (Å²) in [5.41, 5.74) is 2.02. The first-order valence-electron chi connectivity index (χ1n) is 7.01. The van der Waals surface area contributed by atoms with Crippen molar-refractivity contribution in [3.05, 3.63) is 71.8 Å². The van der Waals surface area contributed by atoms with Crippen LogP contribution in [0.2, 0.25) is 0 Å². The van der Waals surface area contributed by atoms with Crippen molar-refractivity contribution in [1.29, 1.82) is 5.26 Å². The molecule has 0 radical (unpaired) electrons. The lowest BCUT2D eigenvalue weighted by Crippen LogP contribution is -1.98. The molecule has 0 aliphatic carbocycles. The summed E-state index contributed by atoms with van der Waals surface area (Å²) in [6.07, 6.45) is 1.66. The Kier molecular flexibility index (Phi) is 3.98. The quantitative estimate of drug-likeness (QED) is 0.693. The van der Waals surface area contributed by atoms with Crippen LogP contribution in [0.5, 0.6) is 0 Å². The van der Waals surface area contributed by atoms with Crippen LogP contribution in [0.3, 0.4) is 0 Å². The van der Waals surface area contributed by atoms with Crippen molar-refractivity contribution in [1.82, 2.24) is 14.8 Å². The summed E-state index contributed by atoms with van der Waals surface area (Å²) >= 11 is 0. The number of benzene rings is 2. The van der Waals surface area contributed by atoms with Gasteiger partial charge in [-0.3, -0.25) is 0 Å². The van der Waals surface area contributed by atoms with Gasteiger partial charge in [0.25, 0.3) is 0 Å². The molecule has 112 valence electrons. The summed E-state index contributed by atoms with van der Waals surface area (Å²) in [7, 11) is 1.81. The second kappa shape index (κ2) is 6.24. The maximum absolute atomic E-state index is 13.0. The van der Waals surface area contributed by atoms with Gasteiger partial charge in [0.15, 0.2) is 11.6 Å². The molecule has 0 N–H and O–H groups in total. The normalized spacial score (nSPS) is 11.3. The van der Waals surface area contributed by atoms with Crippen LogP contribution in [-0.4, -0.2) is 14.8 Å². The van der Waals surface area contributed by atoms with Gasteiger partial charge in [-0.25, -0.2) is 4.39 Å². The minimum atomic E-state index is -0.314. The predicted octanol–water partition coefficient (Wildman–Crippen LogP) is 3.69. The van der Waals surface area contributed by atoms with Crippen LogP contribution in [0.4, 0.5) is 4.39 Å². The summed E-state index contributed by atoms with van der Waals surface area (Å²) in [5, 5.41) is 17.7. The molecule has 5 heteroatoms. The molecule has 0 spiro atoms. The fraction of sp³-hybridized carbons (Fsp3) is 0.0556. The van der Waals surface area contributed by atoms with E-state index in [0.29, 0.717) is 17.2 Å². The fourth-order valence-corrected chi connectivity index (χ4v) is 2.27. The molecule has 0 saturated heterocycles. The minimum Gasteiger partial charge on any atom is -0.310 e. The lowest BCUT2D eigenvalue weighted by Gasteiger charge is -2.03. The molecular weight excluding hydrogens is 291 g/mol. The van der Waals surface area contributed by atoms with Crippen LogP contribution < -0.4 is 0 Å². The van der Waals surface area contributed by atoms with Crippen molar-refractivity contribution < 1.29 is 4.39 Å². The van der Waals surface area contributed by atoms with Crippen molar-refractivity contribution >= 4 is 11.6 Å². The van der Waals surface area contributed by atoms with E-state index >= 15 is 0 Å². The molecule has 1 heterocycles. The largest absolute Gasteiger partial charge is 0.310 e. The molecule has 2 aromatic carbocycles. The Morgan fingerprint density at radius 3 is 2.43 bits per heavy atom. The Bertz CT molecular complexity index is 887. The van der Waals surface area contributed by atoms with Crippen LogP contribution in [0.15, 0.2) is 54.6 Å². The van der Waals surface area contributed by atoms with Gasteiger partial charge in [-0.05, 0) is 23.8 Å². The van der Waals surface area contributed by atoms with Gasteiger partial charge < -0.3 is 4.57 Å². The van der Waals surface area contributed by atoms with Crippen molar-refractivity contribution in [2.24, 2.45) is 7.05 Å². The Hall–Kier alpha value is -3.26. The highest BCUT2D eigenvalue weighted by Crippen LogP contribution is 2.21. The molecule has 3 aromatic rings. The Morgan fingerprint density at radius 1 is 1.09 bits per heavy atom. The Balaban J connectivity index is 2.02. The zero-order chi connectivity index (χ0) is 16.2. The molecular formula is C18H13FN4. The highest BCUT2D eigenvalue weighted by molar-refractivity contribution is 5.87. The van der Waals surface area contributed by atoms with Crippen molar-refractivity contribution in [3.8, 4) is 17.5 Å². The van der Waals surface area contributed by atoms with Crippen molar-refractivity contribution in [2.75, 3.05) is 0 Å². The lowest BCUT2D eigenvalue weighted by molar-refractivity contribution is 0.628. The van der Waals surface area contributed by atoms with E-state index in [-0.39, 0.29) is 5.82 Å². The maximum Gasteiger partial charge on any atom is 0.174 e. The van der Waals surface area contributed by atoms with Gasteiger partial charge in [-0.1, -0.05) is 42.5 Å². The summed E-state index contributed by atoms with van der Waals surface area (Å²) in [6.45, 7) is 0. The molecule has 0 atom stereocenters. The number of nitriles is 1. The first kappa shape index (κ1) is 14.7. The highest BCUT2D eigenvalue weighted by Gasteiger charge is 2.14. The van der Waals surface area contributed by atoms with Crippen LogP contribution in [0, 0.1) is 17.1 Å². The third-order valence-electron chi connectivity index (χ3n) is 3.45. The number of allylic oxidation sites excluding steroid dienone is 1. The lowest BCUT2D eigenvalue weighted by atomic mass is 10.1. The Morgan fingerprint density at radius 2 is 1.78 bits per heavy atom. The Labute approximate surface area is 133 Å². The SMILES string of the molecule is Cn1c(/C(C#N)=C\c2ccc(F)cc2)nnc1-c1ccccc1. The number of aromatic nitrogens is 3. The molecule has 1 aromatic heterocycles. The van der Waals surface area contributed by atoms with Gasteiger partial charge >= 0.3 is 0 Å². The van der Waals surface area contributed by atoms with Gasteiger partial charge in [-0.15, -0.1) is 10.2 Å². The predicted molar refractivity (Wildman–Crippen MR) is 86.3 cm³/mol. The molecule has 0 bridgehead atoms. The monoisotopic (exact) mass is 304 g/mol. The van der Waals surface area contributed by atoms with E-state index in [2.05, 4.69) is 16.3 Å². The van der Waals surface area contributed by atoms with Gasteiger partial charge in [0, 0.05) is 12.6 Å². The molecule has 0 amide bonds. The molecule has 0 unspecified atom stereocenters. The average Bonchev–Trinajstić information content (AvgIpc) is 2.97. The minimum absolute atomic E-state index is 0.314. The third kappa shape index (κ3) is 3.01. The second-order valence-corrected chi connectivity index (χ2v) is 4.99. The van der Waals surface area contributed by atoms with Gasteiger partial charge in [-0.2, -0.15) is 5.26 Å². The molecule has 23 heavy (non-hydrogen) atoms. The van der Waals surface area contributed by atoms with Gasteiger partial charge in [0.2, 0.25) is 0 Å². The number of rotatable bonds is 3. The standard InChI is InChI=1S/C18H13FN4/c1-23-17(14-5-3-2-4-6-14)21-22-18(23)15(12-20)11-13-7-9-16(19)10-8-13/h2-11H,1H3/b15-11-. The van der Waals surface area contributed by atoms with E-state index in [1.165, 1.54) is 12.1 Å². The average molecular weight is 304 g/mol. The maximum atomic E-state index is 13.0. The fourth-order valence-electron chi connectivity index (χ4n) is 2.27. The number of hydrogen-bond donors (Lipinski definition) is 0. The summed E-state index contributed by atoms with van der Waals surface area (Å²) < 4.78 is 14.7. The van der Waals surface area contributed by atoms with E-state index in [0.717, 1.165) is 11.1 Å². The van der Waals surface area contributed by atoms with Gasteiger partial charge in [0.05, 0.1) is 5.57 Å². The summed E-state index contributed by atoms with van der Waals surface area (Å²) in [6, 6.07) is 17.7. The van der Waals surface area contributed by atoms with Crippen LogP contribution >= 0.6 is 0 Å². The molecule has 3 rings (SSSR count). The topological polar surface area (TPSA) is 54.5 Å². The molecule has 0 fully saturated rings. The number of hydrogen-bond acceptors (Lipinski definition) is 3. The summed E-state index contributed by atoms with van der Waals surface area (Å²) in [5.74, 6) is 0.835. The third-order valence-corrected chi connectivity index (χ3v) is 3.45.